The zero-order chi connectivity index (χ0) is 13.2. The third-order valence-corrected chi connectivity index (χ3v) is 3.15. The van der Waals surface area contributed by atoms with Crippen LogP contribution in [-0.4, -0.2) is 9.78 Å². The van der Waals surface area contributed by atoms with Gasteiger partial charge in [0.1, 0.15) is 0 Å². The molecule has 1 aromatic heterocycles. The predicted molar refractivity (Wildman–Crippen MR) is 75.7 cm³/mol. The molecule has 3 heteroatoms. The molecule has 0 aliphatic carbocycles. The van der Waals surface area contributed by atoms with Crippen LogP contribution in [0.5, 0.6) is 0 Å². The van der Waals surface area contributed by atoms with Crippen molar-refractivity contribution in [2.75, 3.05) is 5.32 Å². The van der Waals surface area contributed by atoms with Gasteiger partial charge in [0.2, 0.25) is 0 Å². The molecule has 0 amide bonds. The van der Waals surface area contributed by atoms with Crippen molar-refractivity contribution in [3.05, 3.63) is 47.8 Å². The van der Waals surface area contributed by atoms with E-state index in [1.807, 2.05) is 24.0 Å². The third kappa shape index (κ3) is 2.92. The molecule has 1 N–H and O–H groups in total. The van der Waals surface area contributed by atoms with Gasteiger partial charge in [0.05, 0.1) is 12.2 Å². The Balaban J connectivity index is 2.01. The maximum atomic E-state index is 4.15. The van der Waals surface area contributed by atoms with E-state index in [4.69, 9.17) is 0 Å². The predicted octanol–water partition coefficient (Wildman–Crippen LogP) is 3.33. The maximum absolute atomic E-state index is 4.15. The number of anilines is 1. The number of rotatable bonds is 3. The third-order valence-electron chi connectivity index (χ3n) is 3.15. The van der Waals surface area contributed by atoms with Crippen LogP contribution in [0.1, 0.15) is 32.0 Å². The fourth-order valence-electron chi connectivity index (χ4n) is 1.86. The van der Waals surface area contributed by atoms with Gasteiger partial charge in [0.25, 0.3) is 0 Å². The van der Waals surface area contributed by atoms with E-state index in [9.17, 15) is 0 Å². The quantitative estimate of drug-likeness (QED) is 0.896. The first-order valence-electron chi connectivity index (χ1n) is 6.28. The van der Waals surface area contributed by atoms with Crippen molar-refractivity contribution in [1.29, 1.82) is 0 Å². The molecule has 1 heterocycles. The van der Waals surface area contributed by atoms with Crippen LogP contribution < -0.4 is 5.32 Å². The molecule has 3 nitrogen and oxygen atoms in total. The average molecular weight is 243 g/mol. The summed E-state index contributed by atoms with van der Waals surface area (Å²) < 4.78 is 1.89. The van der Waals surface area contributed by atoms with Gasteiger partial charge in [0, 0.05) is 18.9 Å². The van der Waals surface area contributed by atoms with Crippen LogP contribution >= 0.6 is 0 Å². The SMILES string of the molecule is Cn1nccc1CNc1ccc(C(C)(C)C)cc1. The maximum Gasteiger partial charge on any atom is 0.0571 e. The van der Waals surface area contributed by atoms with Crippen LogP contribution in [0.2, 0.25) is 0 Å². The summed E-state index contributed by atoms with van der Waals surface area (Å²) in [6, 6.07) is 10.7. The van der Waals surface area contributed by atoms with Gasteiger partial charge in [-0.15, -0.1) is 0 Å². The molecular formula is C15H21N3. The summed E-state index contributed by atoms with van der Waals surface area (Å²) >= 11 is 0. The van der Waals surface area contributed by atoms with Crippen LogP contribution in [0.4, 0.5) is 5.69 Å². The summed E-state index contributed by atoms with van der Waals surface area (Å²) in [5.74, 6) is 0. The largest absolute Gasteiger partial charge is 0.379 e. The van der Waals surface area contributed by atoms with Crippen LogP contribution in [0, 0.1) is 0 Å². The molecule has 96 valence electrons. The number of nitrogens with one attached hydrogen (secondary N) is 1. The van der Waals surface area contributed by atoms with E-state index in [1.54, 1.807) is 0 Å². The van der Waals surface area contributed by atoms with E-state index >= 15 is 0 Å². The van der Waals surface area contributed by atoms with E-state index in [2.05, 4.69) is 55.5 Å². The average Bonchev–Trinajstić information content (AvgIpc) is 2.72. The Kier molecular flexibility index (Phi) is 3.41. The minimum Gasteiger partial charge on any atom is -0.379 e. The first kappa shape index (κ1) is 12.7. The fourth-order valence-corrected chi connectivity index (χ4v) is 1.86. The second-order valence-corrected chi connectivity index (χ2v) is 5.63. The van der Waals surface area contributed by atoms with Crippen molar-refractivity contribution < 1.29 is 0 Å². The number of hydrogen-bond acceptors (Lipinski definition) is 2. The summed E-state index contributed by atoms with van der Waals surface area (Å²) in [5.41, 5.74) is 3.88. The molecule has 0 bridgehead atoms. The Labute approximate surface area is 109 Å². The Morgan fingerprint density at radius 1 is 1.11 bits per heavy atom. The fraction of sp³-hybridized carbons (Fsp3) is 0.400. The number of aromatic nitrogens is 2. The van der Waals surface area contributed by atoms with E-state index in [-0.39, 0.29) is 5.41 Å². The van der Waals surface area contributed by atoms with E-state index in [0.717, 1.165) is 12.2 Å². The first-order chi connectivity index (χ1) is 8.47. The van der Waals surface area contributed by atoms with Gasteiger partial charge in [0.15, 0.2) is 0 Å². The molecule has 0 spiro atoms. The van der Waals surface area contributed by atoms with Crippen LogP contribution in [0.3, 0.4) is 0 Å². The zero-order valence-corrected chi connectivity index (χ0v) is 11.6. The number of benzene rings is 1. The summed E-state index contributed by atoms with van der Waals surface area (Å²) in [7, 11) is 1.96. The molecule has 0 radical (unpaired) electrons. The Morgan fingerprint density at radius 3 is 2.28 bits per heavy atom. The van der Waals surface area contributed by atoms with Crippen molar-refractivity contribution in [3.63, 3.8) is 0 Å². The first-order valence-corrected chi connectivity index (χ1v) is 6.28. The van der Waals surface area contributed by atoms with Gasteiger partial charge in [-0.2, -0.15) is 5.10 Å². The Hall–Kier alpha value is -1.77. The van der Waals surface area contributed by atoms with Crippen LogP contribution in [-0.2, 0) is 19.0 Å². The molecule has 1 aromatic carbocycles. The summed E-state index contributed by atoms with van der Waals surface area (Å²) in [6.45, 7) is 7.48. The highest BCUT2D eigenvalue weighted by molar-refractivity contribution is 5.46. The lowest BCUT2D eigenvalue weighted by Gasteiger charge is -2.19. The normalized spacial score (nSPS) is 11.6. The van der Waals surface area contributed by atoms with E-state index in [0.29, 0.717) is 0 Å². The summed E-state index contributed by atoms with van der Waals surface area (Å²) in [6.07, 6.45) is 1.82. The highest BCUT2D eigenvalue weighted by atomic mass is 15.3. The standard InChI is InChI=1S/C15H21N3/c1-15(2,3)12-5-7-13(8-6-12)16-11-14-9-10-17-18(14)4/h5-10,16H,11H2,1-4H3. The lowest BCUT2D eigenvalue weighted by atomic mass is 9.87. The van der Waals surface area contributed by atoms with Gasteiger partial charge < -0.3 is 5.32 Å². The topological polar surface area (TPSA) is 29.9 Å². The minimum atomic E-state index is 0.209. The van der Waals surface area contributed by atoms with E-state index < -0.39 is 0 Å². The van der Waals surface area contributed by atoms with Gasteiger partial charge in [-0.25, -0.2) is 0 Å². The van der Waals surface area contributed by atoms with Crippen molar-refractivity contribution in [3.8, 4) is 0 Å². The lowest BCUT2D eigenvalue weighted by molar-refractivity contribution is 0.590. The molecule has 18 heavy (non-hydrogen) atoms. The molecule has 0 aliphatic rings. The monoisotopic (exact) mass is 243 g/mol. The van der Waals surface area contributed by atoms with E-state index in [1.165, 1.54) is 11.3 Å². The van der Waals surface area contributed by atoms with Crippen LogP contribution in [0.15, 0.2) is 36.5 Å². The van der Waals surface area contributed by atoms with Gasteiger partial charge in [-0.05, 0) is 29.2 Å². The second kappa shape index (κ2) is 4.84. The molecule has 0 saturated heterocycles. The Morgan fingerprint density at radius 2 is 1.78 bits per heavy atom. The molecule has 0 fully saturated rings. The van der Waals surface area contributed by atoms with Gasteiger partial charge in [-0.3, -0.25) is 4.68 Å². The number of aryl methyl sites for hydroxylation is 1. The van der Waals surface area contributed by atoms with Crippen molar-refractivity contribution in [2.24, 2.45) is 7.05 Å². The Bertz CT molecular complexity index is 503. The highest BCUT2D eigenvalue weighted by Crippen LogP contribution is 2.23. The molecule has 0 saturated carbocycles. The smallest absolute Gasteiger partial charge is 0.0571 e. The number of hydrogen-bond donors (Lipinski definition) is 1. The molecule has 0 aliphatic heterocycles. The second-order valence-electron chi connectivity index (χ2n) is 5.63. The molecule has 2 aromatic rings. The summed E-state index contributed by atoms with van der Waals surface area (Å²) in [4.78, 5) is 0. The molecule has 0 atom stereocenters. The number of nitrogens with zero attached hydrogens (tertiary/aromatic N) is 2. The van der Waals surface area contributed by atoms with Crippen molar-refractivity contribution >= 4 is 5.69 Å². The van der Waals surface area contributed by atoms with Gasteiger partial charge >= 0.3 is 0 Å². The highest BCUT2D eigenvalue weighted by Gasteiger charge is 2.12. The zero-order valence-electron chi connectivity index (χ0n) is 11.6. The lowest BCUT2D eigenvalue weighted by Crippen LogP contribution is -2.11. The minimum absolute atomic E-state index is 0.209. The molecule has 0 unspecified atom stereocenters. The van der Waals surface area contributed by atoms with Crippen LogP contribution in [0.25, 0.3) is 0 Å². The van der Waals surface area contributed by atoms with Crippen molar-refractivity contribution in [2.45, 2.75) is 32.7 Å². The van der Waals surface area contributed by atoms with Crippen molar-refractivity contribution in [1.82, 2.24) is 9.78 Å². The molecular weight excluding hydrogens is 222 g/mol. The summed E-state index contributed by atoms with van der Waals surface area (Å²) in [5, 5.41) is 7.56. The molecule has 2 rings (SSSR count). The van der Waals surface area contributed by atoms with Gasteiger partial charge in [-0.1, -0.05) is 32.9 Å².